The minimum absolute atomic E-state index is 0.0866. The van der Waals surface area contributed by atoms with Gasteiger partial charge in [-0.05, 0) is 36.2 Å². The molecule has 0 atom stereocenters. The van der Waals surface area contributed by atoms with E-state index < -0.39 is 26.9 Å². The number of alkyl halides is 3. The van der Waals surface area contributed by atoms with Crippen molar-refractivity contribution < 1.29 is 26.0 Å². The lowest BCUT2D eigenvalue weighted by molar-refractivity contribution is -0.0437. The SMILES string of the molecule is CCCc1cc(-c2nc(-c3ccc(CS(=O)(=O)C(F)(F)F)cc3F)cs2)ccn1. The molecule has 0 N–H and O–H groups in total. The van der Waals surface area contributed by atoms with Crippen molar-refractivity contribution in [2.45, 2.75) is 31.0 Å². The lowest BCUT2D eigenvalue weighted by Crippen LogP contribution is -2.24. The van der Waals surface area contributed by atoms with Gasteiger partial charge in [0, 0.05) is 28.4 Å². The van der Waals surface area contributed by atoms with Gasteiger partial charge in [-0.2, -0.15) is 13.2 Å². The highest BCUT2D eigenvalue weighted by Gasteiger charge is 2.45. The number of hydrogen-bond donors (Lipinski definition) is 0. The maximum Gasteiger partial charge on any atom is 0.497 e. The number of thiazole rings is 1. The molecule has 0 fully saturated rings. The summed E-state index contributed by atoms with van der Waals surface area (Å²) in [4.78, 5) is 8.69. The fraction of sp³-hybridized carbons (Fsp3) is 0.263. The van der Waals surface area contributed by atoms with Crippen LogP contribution in [0.3, 0.4) is 0 Å². The van der Waals surface area contributed by atoms with E-state index in [1.165, 1.54) is 17.4 Å². The smallest absolute Gasteiger partial charge is 0.261 e. The molecule has 1 aromatic carbocycles. The number of nitrogens with zero attached hydrogens (tertiary/aromatic N) is 2. The van der Waals surface area contributed by atoms with Gasteiger partial charge in [-0.25, -0.2) is 17.8 Å². The third-order valence-electron chi connectivity index (χ3n) is 4.09. The molecule has 3 aromatic rings. The first kappa shape index (κ1) is 21.4. The van der Waals surface area contributed by atoms with Crippen LogP contribution in [0.2, 0.25) is 0 Å². The Hall–Kier alpha value is -2.33. The molecule has 4 nitrogen and oxygen atoms in total. The van der Waals surface area contributed by atoms with E-state index in [-0.39, 0.29) is 11.1 Å². The van der Waals surface area contributed by atoms with Gasteiger partial charge < -0.3 is 0 Å². The second kappa shape index (κ2) is 8.19. The zero-order valence-electron chi connectivity index (χ0n) is 15.2. The zero-order chi connectivity index (χ0) is 21.2. The minimum Gasteiger partial charge on any atom is -0.261 e. The van der Waals surface area contributed by atoms with Crippen molar-refractivity contribution in [2.75, 3.05) is 0 Å². The molecule has 0 amide bonds. The number of pyridine rings is 1. The van der Waals surface area contributed by atoms with Crippen molar-refractivity contribution >= 4 is 21.2 Å². The normalized spacial score (nSPS) is 12.3. The monoisotopic (exact) mass is 444 g/mol. The largest absolute Gasteiger partial charge is 0.497 e. The lowest BCUT2D eigenvalue weighted by Gasteiger charge is -2.09. The number of sulfone groups is 1. The third-order valence-corrected chi connectivity index (χ3v) is 6.40. The second-order valence-electron chi connectivity index (χ2n) is 6.34. The molecule has 0 saturated heterocycles. The molecule has 0 bridgehead atoms. The first-order valence-electron chi connectivity index (χ1n) is 8.59. The first-order chi connectivity index (χ1) is 13.6. The summed E-state index contributed by atoms with van der Waals surface area (Å²) in [5.74, 6) is -2.15. The predicted octanol–water partition coefficient (Wildman–Crippen LogP) is 5.40. The molecule has 0 aliphatic rings. The van der Waals surface area contributed by atoms with E-state index in [1.54, 1.807) is 17.6 Å². The van der Waals surface area contributed by atoms with Gasteiger partial charge in [0.15, 0.2) is 0 Å². The van der Waals surface area contributed by atoms with Crippen LogP contribution in [0.5, 0.6) is 0 Å². The summed E-state index contributed by atoms with van der Waals surface area (Å²) in [5.41, 5.74) is -3.49. The summed E-state index contributed by atoms with van der Waals surface area (Å²) >= 11 is 1.30. The van der Waals surface area contributed by atoms with Crippen LogP contribution in [0.25, 0.3) is 21.8 Å². The molecule has 3 rings (SSSR count). The van der Waals surface area contributed by atoms with Gasteiger partial charge in [-0.1, -0.05) is 19.4 Å². The van der Waals surface area contributed by atoms with Crippen LogP contribution in [0.1, 0.15) is 24.6 Å². The van der Waals surface area contributed by atoms with Crippen LogP contribution < -0.4 is 0 Å². The summed E-state index contributed by atoms with van der Waals surface area (Å²) in [7, 11) is -5.37. The molecule has 0 aliphatic heterocycles. The summed E-state index contributed by atoms with van der Waals surface area (Å²) in [6, 6.07) is 6.90. The van der Waals surface area contributed by atoms with Crippen molar-refractivity contribution in [1.82, 2.24) is 9.97 Å². The van der Waals surface area contributed by atoms with Crippen LogP contribution in [0, 0.1) is 5.82 Å². The summed E-state index contributed by atoms with van der Waals surface area (Å²) in [6.07, 6.45) is 3.45. The van der Waals surface area contributed by atoms with Crippen molar-refractivity contribution in [2.24, 2.45) is 0 Å². The Morgan fingerprint density at radius 1 is 1.14 bits per heavy atom. The predicted molar refractivity (Wildman–Crippen MR) is 103 cm³/mol. The molecule has 2 aromatic heterocycles. The standard InChI is InChI=1S/C19H16F4N2O2S2/c1-2-3-14-9-13(6-7-24-14)18-25-17(10-28-18)15-5-4-12(8-16(15)20)11-29(26,27)19(21,22)23/h4-10H,2-3,11H2,1H3. The quantitative estimate of drug-likeness (QED) is 0.478. The summed E-state index contributed by atoms with van der Waals surface area (Å²) in [6.45, 7) is 2.04. The van der Waals surface area contributed by atoms with Gasteiger partial charge in [-0.15, -0.1) is 11.3 Å². The van der Waals surface area contributed by atoms with E-state index >= 15 is 0 Å². The van der Waals surface area contributed by atoms with Crippen LogP contribution in [0.15, 0.2) is 41.9 Å². The molecule has 0 aliphatic carbocycles. The van der Waals surface area contributed by atoms with E-state index in [0.717, 1.165) is 36.2 Å². The molecule has 0 radical (unpaired) electrons. The van der Waals surface area contributed by atoms with E-state index in [2.05, 4.69) is 9.97 Å². The fourth-order valence-electron chi connectivity index (χ4n) is 2.69. The highest BCUT2D eigenvalue weighted by atomic mass is 32.2. The highest BCUT2D eigenvalue weighted by Crippen LogP contribution is 2.32. The molecule has 0 saturated carbocycles. The lowest BCUT2D eigenvalue weighted by atomic mass is 10.1. The molecule has 29 heavy (non-hydrogen) atoms. The Labute approximate surface area is 169 Å². The van der Waals surface area contributed by atoms with Gasteiger partial charge in [0.25, 0.3) is 9.84 Å². The van der Waals surface area contributed by atoms with Crippen molar-refractivity contribution in [3.63, 3.8) is 0 Å². The maximum absolute atomic E-state index is 14.5. The van der Waals surface area contributed by atoms with Crippen LogP contribution in [-0.4, -0.2) is 23.9 Å². The van der Waals surface area contributed by atoms with Gasteiger partial charge in [0.1, 0.15) is 10.8 Å². The summed E-state index contributed by atoms with van der Waals surface area (Å²) in [5, 5.41) is 2.29. The van der Waals surface area contributed by atoms with E-state index in [1.807, 2.05) is 13.0 Å². The van der Waals surface area contributed by atoms with Crippen molar-refractivity contribution in [3.8, 4) is 21.8 Å². The Morgan fingerprint density at radius 2 is 1.90 bits per heavy atom. The van der Waals surface area contributed by atoms with Gasteiger partial charge >= 0.3 is 5.51 Å². The number of aromatic nitrogens is 2. The molecule has 0 spiro atoms. The molecule has 10 heteroatoms. The number of benzene rings is 1. The summed E-state index contributed by atoms with van der Waals surface area (Å²) < 4.78 is 74.5. The number of halogens is 4. The van der Waals surface area contributed by atoms with Crippen LogP contribution in [-0.2, 0) is 22.0 Å². The number of aryl methyl sites for hydroxylation is 1. The van der Waals surface area contributed by atoms with E-state index in [4.69, 9.17) is 0 Å². The van der Waals surface area contributed by atoms with Gasteiger partial charge in [-0.3, -0.25) is 4.98 Å². The topological polar surface area (TPSA) is 59.9 Å². The van der Waals surface area contributed by atoms with Gasteiger partial charge in [0.05, 0.1) is 11.4 Å². The Balaban J connectivity index is 1.86. The highest BCUT2D eigenvalue weighted by molar-refractivity contribution is 7.91. The van der Waals surface area contributed by atoms with Crippen LogP contribution >= 0.6 is 11.3 Å². The van der Waals surface area contributed by atoms with Crippen LogP contribution in [0.4, 0.5) is 17.6 Å². The minimum atomic E-state index is -5.38. The Bertz CT molecular complexity index is 1130. The Kier molecular flexibility index (Phi) is 6.04. The fourth-order valence-corrected chi connectivity index (χ4v) is 4.29. The average Bonchev–Trinajstić information content (AvgIpc) is 3.11. The molecular weight excluding hydrogens is 428 g/mol. The average molecular weight is 444 g/mol. The molecule has 2 heterocycles. The maximum atomic E-state index is 14.5. The van der Waals surface area contributed by atoms with Crippen molar-refractivity contribution in [1.29, 1.82) is 0 Å². The first-order valence-corrected chi connectivity index (χ1v) is 11.1. The molecule has 0 unspecified atom stereocenters. The second-order valence-corrected chi connectivity index (χ2v) is 9.18. The third kappa shape index (κ3) is 4.81. The number of rotatable bonds is 6. The number of hydrogen-bond acceptors (Lipinski definition) is 5. The van der Waals surface area contributed by atoms with E-state index in [0.29, 0.717) is 10.7 Å². The molecular formula is C19H16F4N2O2S2. The van der Waals surface area contributed by atoms with Gasteiger partial charge in [0.2, 0.25) is 0 Å². The van der Waals surface area contributed by atoms with Crippen molar-refractivity contribution in [3.05, 3.63) is 59.0 Å². The zero-order valence-corrected chi connectivity index (χ0v) is 16.8. The molecule has 154 valence electrons. The van der Waals surface area contributed by atoms with E-state index in [9.17, 15) is 26.0 Å². The Morgan fingerprint density at radius 3 is 2.55 bits per heavy atom.